The predicted octanol–water partition coefficient (Wildman–Crippen LogP) is 2.32. The van der Waals surface area contributed by atoms with Gasteiger partial charge in [-0.15, -0.1) is 0 Å². The fourth-order valence-corrected chi connectivity index (χ4v) is 3.77. The number of nitrogens with zero attached hydrogens (tertiary/aromatic N) is 1. The first-order chi connectivity index (χ1) is 9.77. The van der Waals surface area contributed by atoms with Crippen LogP contribution in [0.15, 0.2) is 0 Å². The molecule has 1 N–H and O–H groups in total. The van der Waals surface area contributed by atoms with Crippen LogP contribution in [0.1, 0.15) is 58.8 Å². The molecule has 2 rings (SSSR count). The van der Waals surface area contributed by atoms with E-state index in [-0.39, 0.29) is 12.0 Å². The summed E-state index contributed by atoms with van der Waals surface area (Å²) in [6, 6.07) is 1.06. The molecule has 0 bridgehead atoms. The lowest BCUT2D eigenvalue weighted by Gasteiger charge is -2.43. The molecule has 2 heterocycles. The summed E-state index contributed by atoms with van der Waals surface area (Å²) in [5.74, 6) is -0.0146. The fourth-order valence-electron chi connectivity index (χ4n) is 3.77. The second-order valence-corrected chi connectivity index (χ2v) is 6.06. The van der Waals surface area contributed by atoms with E-state index in [2.05, 4.69) is 17.1 Å². The third kappa shape index (κ3) is 3.73. The van der Waals surface area contributed by atoms with E-state index >= 15 is 0 Å². The molecule has 0 aromatic rings. The van der Waals surface area contributed by atoms with Crippen molar-refractivity contribution in [1.82, 2.24) is 10.2 Å². The van der Waals surface area contributed by atoms with Crippen molar-refractivity contribution in [1.29, 1.82) is 0 Å². The van der Waals surface area contributed by atoms with Crippen LogP contribution in [0.4, 0.5) is 0 Å². The summed E-state index contributed by atoms with van der Waals surface area (Å²) in [5, 5.41) is 3.63. The van der Waals surface area contributed by atoms with Crippen LogP contribution in [0, 0.1) is 0 Å². The normalized spacial score (nSPS) is 29.3. The molecule has 0 radical (unpaired) electrons. The van der Waals surface area contributed by atoms with Gasteiger partial charge < -0.3 is 10.1 Å². The Morgan fingerprint density at radius 1 is 1.30 bits per heavy atom. The highest BCUT2D eigenvalue weighted by atomic mass is 16.5. The zero-order valence-electron chi connectivity index (χ0n) is 13.1. The number of likely N-dealkylation sites (tertiary alicyclic amines) is 1. The fraction of sp³-hybridized carbons (Fsp3) is 0.938. The molecular formula is C16H30N2O2. The van der Waals surface area contributed by atoms with Gasteiger partial charge in [0, 0.05) is 12.1 Å². The largest absolute Gasteiger partial charge is 0.465 e. The summed E-state index contributed by atoms with van der Waals surface area (Å²) in [4.78, 5) is 14.8. The Labute approximate surface area is 123 Å². The SMILES string of the molecule is CCCC(C(=O)OCC)N1CCCCC1C1CCCN1. The van der Waals surface area contributed by atoms with Crippen molar-refractivity contribution in [2.45, 2.75) is 76.9 Å². The van der Waals surface area contributed by atoms with Crippen LogP contribution < -0.4 is 5.32 Å². The van der Waals surface area contributed by atoms with Gasteiger partial charge in [0.2, 0.25) is 0 Å². The molecule has 2 fully saturated rings. The highest BCUT2D eigenvalue weighted by Gasteiger charge is 2.38. The Balaban J connectivity index is 2.07. The minimum absolute atomic E-state index is 0.0146. The van der Waals surface area contributed by atoms with Crippen molar-refractivity contribution in [3.05, 3.63) is 0 Å². The molecular weight excluding hydrogens is 252 g/mol. The van der Waals surface area contributed by atoms with E-state index in [9.17, 15) is 4.79 Å². The van der Waals surface area contributed by atoms with Crippen molar-refractivity contribution in [3.63, 3.8) is 0 Å². The molecule has 4 heteroatoms. The average Bonchev–Trinajstić information content (AvgIpc) is 2.99. The van der Waals surface area contributed by atoms with Crippen LogP contribution >= 0.6 is 0 Å². The maximum atomic E-state index is 12.3. The second kappa shape index (κ2) is 7.99. The molecule has 0 saturated carbocycles. The maximum absolute atomic E-state index is 12.3. The quantitative estimate of drug-likeness (QED) is 0.759. The lowest BCUT2D eigenvalue weighted by atomic mass is 9.92. The Kier molecular flexibility index (Phi) is 6.30. The van der Waals surface area contributed by atoms with Gasteiger partial charge >= 0.3 is 5.97 Å². The maximum Gasteiger partial charge on any atom is 0.323 e. The van der Waals surface area contributed by atoms with E-state index in [1.807, 2.05) is 6.92 Å². The molecule has 2 aliphatic rings. The van der Waals surface area contributed by atoms with Gasteiger partial charge in [0.05, 0.1) is 6.61 Å². The monoisotopic (exact) mass is 282 g/mol. The third-order valence-corrected chi connectivity index (χ3v) is 4.68. The van der Waals surface area contributed by atoms with Crippen LogP contribution in [0.3, 0.4) is 0 Å². The van der Waals surface area contributed by atoms with Crippen molar-refractivity contribution in [2.75, 3.05) is 19.7 Å². The topological polar surface area (TPSA) is 41.6 Å². The molecule has 0 aromatic carbocycles. The molecule has 0 spiro atoms. The standard InChI is InChI=1S/C16H30N2O2/c1-3-8-15(16(19)20-4-2)18-12-6-5-10-14(18)13-9-7-11-17-13/h13-15,17H,3-12H2,1-2H3. The summed E-state index contributed by atoms with van der Waals surface area (Å²) in [5.41, 5.74) is 0. The molecule has 0 aliphatic carbocycles. The van der Waals surface area contributed by atoms with Gasteiger partial charge in [0.15, 0.2) is 0 Å². The van der Waals surface area contributed by atoms with Crippen LogP contribution in [-0.2, 0) is 9.53 Å². The summed E-state index contributed by atoms with van der Waals surface area (Å²) in [6.45, 7) is 6.71. The first-order valence-electron chi connectivity index (χ1n) is 8.43. The molecule has 4 nitrogen and oxygen atoms in total. The van der Waals surface area contributed by atoms with E-state index in [0.717, 1.165) is 25.9 Å². The van der Waals surface area contributed by atoms with E-state index in [1.165, 1.54) is 32.1 Å². The number of ether oxygens (including phenoxy) is 1. The number of hydrogen-bond acceptors (Lipinski definition) is 4. The smallest absolute Gasteiger partial charge is 0.323 e. The van der Waals surface area contributed by atoms with Gasteiger partial charge in [-0.1, -0.05) is 19.8 Å². The Hall–Kier alpha value is -0.610. The van der Waals surface area contributed by atoms with Gasteiger partial charge in [0.25, 0.3) is 0 Å². The van der Waals surface area contributed by atoms with E-state index < -0.39 is 0 Å². The van der Waals surface area contributed by atoms with E-state index in [4.69, 9.17) is 4.74 Å². The van der Waals surface area contributed by atoms with Crippen LogP contribution in [0.5, 0.6) is 0 Å². The summed E-state index contributed by atoms with van der Waals surface area (Å²) in [7, 11) is 0. The Bertz CT molecular complexity index is 303. The van der Waals surface area contributed by atoms with Crippen molar-refractivity contribution >= 4 is 5.97 Å². The number of carbonyl (C=O) groups is 1. The van der Waals surface area contributed by atoms with Crippen LogP contribution in [0.25, 0.3) is 0 Å². The molecule has 20 heavy (non-hydrogen) atoms. The van der Waals surface area contributed by atoms with Crippen LogP contribution in [0.2, 0.25) is 0 Å². The number of piperidine rings is 1. The number of rotatable bonds is 6. The molecule has 3 unspecified atom stereocenters. The Morgan fingerprint density at radius 3 is 2.80 bits per heavy atom. The lowest BCUT2D eigenvalue weighted by Crippen LogP contribution is -2.56. The van der Waals surface area contributed by atoms with Gasteiger partial charge in [0.1, 0.15) is 6.04 Å². The average molecular weight is 282 g/mol. The predicted molar refractivity (Wildman–Crippen MR) is 80.7 cm³/mol. The first-order valence-corrected chi connectivity index (χ1v) is 8.43. The zero-order chi connectivity index (χ0) is 14.4. The number of carbonyl (C=O) groups excluding carboxylic acids is 1. The summed E-state index contributed by atoms with van der Waals surface area (Å²) in [6.07, 6.45) is 8.20. The van der Waals surface area contributed by atoms with Crippen LogP contribution in [-0.4, -0.2) is 48.7 Å². The van der Waals surface area contributed by atoms with Crippen molar-refractivity contribution in [2.24, 2.45) is 0 Å². The molecule has 2 saturated heterocycles. The van der Waals surface area contributed by atoms with E-state index in [0.29, 0.717) is 18.7 Å². The first kappa shape index (κ1) is 15.8. The van der Waals surface area contributed by atoms with Gasteiger partial charge in [-0.3, -0.25) is 9.69 Å². The van der Waals surface area contributed by atoms with Gasteiger partial charge in [-0.05, 0) is 52.1 Å². The summed E-state index contributed by atoms with van der Waals surface area (Å²) >= 11 is 0. The minimum atomic E-state index is -0.0346. The number of nitrogens with one attached hydrogen (secondary N) is 1. The van der Waals surface area contributed by atoms with Crippen molar-refractivity contribution < 1.29 is 9.53 Å². The number of hydrogen-bond donors (Lipinski definition) is 1. The summed E-state index contributed by atoms with van der Waals surface area (Å²) < 4.78 is 5.32. The van der Waals surface area contributed by atoms with Gasteiger partial charge in [-0.2, -0.15) is 0 Å². The molecule has 3 atom stereocenters. The third-order valence-electron chi connectivity index (χ3n) is 4.68. The highest BCUT2D eigenvalue weighted by Crippen LogP contribution is 2.27. The highest BCUT2D eigenvalue weighted by molar-refractivity contribution is 5.75. The Morgan fingerprint density at radius 2 is 2.15 bits per heavy atom. The zero-order valence-corrected chi connectivity index (χ0v) is 13.1. The second-order valence-electron chi connectivity index (χ2n) is 6.06. The van der Waals surface area contributed by atoms with E-state index in [1.54, 1.807) is 0 Å². The minimum Gasteiger partial charge on any atom is -0.465 e. The molecule has 116 valence electrons. The molecule has 2 aliphatic heterocycles. The molecule has 0 aromatic heterocycles. The number of esters is 1. The van der Waals surface area contributed by atoms with Crippen molar-refractivity contribution in [3.8, 4) is 0 Å². The molecule has 0 amide bonds. The van der Waals surface area contributed by atoms with Gasteiger partial charge in [-0.25, -0.2) is 0 Å². The lowest BCUT2D eigenvalue weighted by molar-refractivity contribution is -0.152.